The quantitative estimate of drug-likeness (QED) is 0.883. The van der Waals surface area contributed by atoms with Crippen molar-refractivity contribution in [3.05, 3.63) is 34.4 Å². The summed E-state index contributed by atoms with van der Waals surface area (Å²) in [7, 11) is 0. The van der Waals surface area contributed by atoms with Gasteiger partial charge in [0.15, 0.2) is 0 Å². The van der Waals surface area contributed by atoms with E-state index in [2.05, 4.69) is 20.9 Å². The van der Waals surface area contributed by atoms with E-state index in [1.54, 1.807) is 0 Å². The molecule has 0 fully saturated rings. The van der Waals surface area contributed by atoms with Gasteiger partial charge < -0.3 is 10.7 Å². The van der Waals surface area contributed by atoms with Crippen molar-refractivity contribution < 1.29 is 4.39 Å². The standard InChI is InChI=1S/C11H12BrFN2/c12-7-1-2-11-8(5-7)9(6-15-11)10(14)3-4-13/h1-2,5-6,10,15H,3-4,14H2/t10-/m0/s1. The molecule has 0 saturated carbocycles. The molecule has 1 heterocycles. The molecule has 0 bridgehead atoms. The second-order valence-electron chi connectivity index (χ2n) is 3.52. The maximum Gasteiger partial charge on any atom is 0.0912 e. The van der Waals surface area contributed by atoms with Gasteiger partial charge in [-0.15, -0.1) is 0 Å². The molecule has 4 heteroatoms. The minimum Gasteiger partial charge on any atom is -0.361 e. The minimum absolute atomic E-state index is 0.238. The molecule has 0 saturated heterocycles. The van der Waals surface area contributed by atoms with Gasteiger partial charge in [0.1, 0.15) is 0 Å². The molecule has 2 rings (SSSR count). The van der Waals surface area contributed by atoms with Gasteiger partial charge in [-0.25, -0.2) is 0 Å². The molecule has 80 valence electrons. The van der Waals surface area contributed by atoms with Crippen molar-refractivity contribution in [3.8, 4) is 0 Å². The number of alkyl halides is 1. The molecule has 2 aromatic rings. The zero-order valence-electron chi connectivity index (χ0n) is 8.13. The lowest BCUT2D eigenvalue weighted by molar-refractivity contribution is 0.443. The van der Waals surface area contributed by atoms with E-state index in [9.17, 15) is 4.39 Å². The Kier molecular flexibility index (Phi) is 3.07. The summed E-state index contributed by atoms with van der Waals surface area (Å²) in [6, 6.07) is 5.70. The van der Waals surface area contributed by atoms with Crippen LogP contribution in [0.25, 0.3) is 10.9 Å². The van der Waals surface area contributed by atoms with Crippen LogP contribution in [-0.4, -0.2) is 11.7 Å². The van der Waals surface area contributed by atoms with Crippen LogP contribution in [0.5, 0.6) is 0 Å². The van der Waals surface area contributed by atoms with Crippen molar-refractivity contribution in [2.24, 2.45) is 5.73 Å². The van der Waals surface area contributed by atoms with Crippen LogP contribution in [0.2, 0.25) is 0 Å². The molecule has 2 nitrogen and oxygen atoms in total. The topological polar surface area (TPSA) is 41.8 Å². The van der Waals surface area contributed by atoms with Crippen molar-refractivity contribution >= 4 is 26.8 Å². The highest BCUT2D eigenvalue weighted by molar-refractivity contribution is 9.10. The summed E-state index contributed by atoms with van der Waals surface area (Å²) >= 11 is 3.41. The number of hydrogen-bond acceptors (Lipinski definition) is 1. The molecule has 1 aromatic heterocycles. The average Bonchev–Trinajstić information content (AvgIpc) is 2.60. The van der Waals surface area contributed by atoms with Crippen molar-refractivity contribution in [2.75, 3.05) is 6.67 Å². The Labute approximate surface area is 95.8 Å². The van der Waals surface area contributed by atoms with E-state index >= 15 is 0 Å². The SMILES string of the molecule is N[C@@H](CCF)c1c[nH]c2ccc(Br)cc12. The fourth-order valence-corrected chi connectivity index (χ4v) is 2.06. The van der Waals surface area contributed by atoms with Gasteiger partial charge in [0.05, 0.1) is 6.67 Å². The molecule has 0 aliphatic carbocycles. The third kappa shape index (κ3) is 2.06. The van der Waals surface area contributed by atoms with E-state index in [1.807, 2.05) is 24.4 Å². The molecule has 0 spiro atoms. The van der Waals surface area contributed by atoms with E-state index in [0.29, 0.717) is 6.42 Å². The van der Waals surface area contributed by atoms with Crippen molar-refractivity contribution in [1.82, 2.24) is 4.98 Å². The van der Waals surface area contributed by atoms with Crippen LogP contribution in [0.15, 0.2) is 28.9 Å². The predicted molar refractivity (Wildman–Crippen MR) is 63.5 cm³/mol. The Morgan fingerprint density at radius 2 is 2.27 bits per heavy atom. The van der Waals surface area contributed by atoms with Gasteiger partial charge in [-0.05, 0) is 30.2 Å². The monoisotopic (exact) mass is 270 g/mol. The largest absolute Gasteiger partial charge is 0.361 e. The van der Waals surface area contributed by atoms with E-state index < -0.39 is 0 Å². The maximum atomic E-state index is 12.2. The van der Waals surface area contributed by atoms with E-state index in [1.165, 1.54) is 0 Å². The van der Waals surface area contributed by atoms with E-state index in [-0.39, 0.29) is 12.7 Å². The number of halogens is 2. The van der Waals surface area contributed by atoms with Crippen LogP contribution in [-0.2, 0) is 0 Å². The van der Waals surface area contributed by atoms with Gasteiger partial charge >= 0.3 is 0 Å². The zero-order chi connectivity index (χ0) is 10.8. The molecule has 0 radical (unpaired) electrons. The van der Waals surface area contributed by atoms with Crippen LogP contribution in [0.4, 0.5) is 4.39 Å². The Morgan fingerprint density at radius 1 is 1.47 bits per heavy atom. The van der Waals surface area contributed by atoms with Crippen LogP contribution in [0.1, 0.15) is 18.0 Å². The number of aromatic nitrogens is 1. The lowest BCUT2D eigenvalue weighted by atomic mass is 10.0. The first-order valence-corrected chi connectivity index (χ1v) is 5.59. The zero-order valence-corrected chi connectivity index (χ0v) is 9.72. The van der Waals surface area contributed by atoms with Crippen molar-refractivity contribution in [3.63, 3.8) is 0 Å². The smallest absolute Gasteiger partial charge is 0.0912 e. The summed E-state index contributed by atoms with van der Waals surface area (Å²) in [6.07, 6.45) is 2.22. The van der Waals surface area contributed by atoms with Gasteiger partial charge in [0, 0.05) is 27.6 Å². The first kappa shape index (κ1) is 10.6. The van der Waals surface area contributed by atoms with Crippen molar-refractivity contribution in [2.45, 2.75) is 12.5 Å². The van der Waals surface area contributed by atoms with Crippen LogP contribution < -0.4 is 5.73 Å². The summed E-state index contributed by atoms with van der Waals surface area (Å²) in [5, 5.41) is 1.06. The van der Waals surface area contributed by atoms with Gasteiger partial charge in [-0.3, -0.25) is 4.39 Å². The maximum absolute atomic E-state index is 12.2. The number of rotatable bonds is 3. The molecule has 3 N–H and O–H groups in total. The highest BCUT2D eigenvalue weighted by atomic mass is 79.9. The molecule has 0 aliphatic heterocycles. The second-order valence-corrected chi connectivity index (χ2v) is 4.43. The summed E-state index contributed by atoms with van der Waals surface area (Å²) in [5.41, 5.74) is 7.90. The highest BCUT2D eigenvalue weighted by Crippen LogP contribution is 2.27. The third-order valence-corrected chi connectivity index (χ3v) is 2.99. The summed E-state index contributed by atoms with van der Waals surface area (Å²) in [4.78, 5) is 3.13. The summed E-state index contributed by atoms with van der Waals surface area (Å²) < 4.78 is 13.2. The number of H-pyrrole nitrogens is 1. The Hall–Kier alpha value is -0.870. The molecular formula is C11H12BrFN2. The Bertz CT molecular complexity index is 467. The highest BCUT2D eigenvalue weighted by Gasteiger charge is 2.11. The average molecular weight is 271 g/mol. The number of nitrogens with two attached hydrogens (primary N) is 1. The first-order valence-electron chi connectivity index (χ1n) is 4.80. The fraction of sp³-hybridized carbons (Fsp3) is 0.273. The van der Waals surface area contributed by atoms with Crippen molar-refractivity contribution in [1.29, 1.82) is 0 Å². The Balaban J connectivity index is 2.47. The Morgan fingerprint density at radius 3 is 3.00 bits per heavy atom. The molecule has 0 aliphatic rings. The van der Waals surface area contributed by atoms with Crippen LogP contribution in [0.3, 0.4) is 0 Å². The van der Waals surface area contributed by atoms with E-state index in [0.717, 1.165) is 20.9 Å². The number of hydrogen-bond donors (Lipinski definition) is 2. The molecule has 1 atom stereocenters. The number of fused-ring (bicyclic) bond motifs is 1. The number of benzene rings is 1. The summed E-state index contributed by atoms with van der Waals surface area (Å²) in [6.45, 7) is -0.387. The van der Waals surface area contributed by atoms with Gasteiger partial charge in [-0.1, -0.05) is 15.9 Å². The molecular weight excluding hydrogens is 259 g/mol. The normalized spacial score (nSPS) is 13.3. The fourth-order valence-electron chi connectivity index (χ4n) is 1.69. The second kappa shape index (κ2) is 4.33. The number of aromatic amines is 1. The predicted octanol–water partition coefficient (Wildman–Crippen LogP) is 3.29. The molecule has 0 amide bonds. The molecule has 1 aromatic carbocycles. The van der Waals surface area contributed by atoms with Crippen LogP contribution >= 0.6 is 15.9 Å². The third-order valence-electron chi connectivity index (χ3n) is 2.50. The molecule has 15 heavy (non-hydrogen) atoms. The lowest BCUT2D eigenvalue weighted by Crippen LogP contribution is -2.10. The van der Waals surface area contributed by atoms with Gasteiger partial charge in [0.25, 0.3) is 0 Å². The first-order chi connectivity index (χ1) is 7.22. The van der Waals surface area contributed by atoms with E-state index in [4.69, 9.17) is 5.73 Å². The minimum atomic E-state index is -0.387. The lowest BCUT2D eigenvalue weighted by Gasteiger charge is -2.07. The summed E-state index contributed by atoms with van der Waals surface area (Å²) in [5.74, 6) is 0. The van der Waals surface area contributed by atoms with Gasteiger partial charge in [-0.2, -0.15) is 0 Å². The number of nitrogens with one attached hydrogen (secondary N) is 1. The van der Waals surface area contributed by atoms with Gasteiger partial charge in [0.2, 0.25) is 0 Å². The van der Waals surface area contributed by atoms with Crippen LogP contribution in [0, 0.1) is 0 Å². The molecule has 0 unspecified atom stereocenters.